The van der Waals surface area contributed by atoms with Crippen molar-refractivity contribution in [1.29, 1.82) is 0 Å². The highest BCUT2D eigenvalue weighted by atomic mass is 35.5. The van der Waals surface area contributed by atoms with Gasteiger partial charge in [-0.3, -0.25) is 4.79 Å². The van der Waals surface area contributed by atoms with Gasteiger partial charge in [0, 0.05) is 18.0 Å². The van der Waals surface area contributed by atoms with Gasteiger partial charge in [0.15, 0.2) is 5.13 Å². The molecule has 0 fully saturated rings. The molecule has 0 saturated heterocycles. The summed E-state index contributed by atoms with van der Waals surface area (Å²) in [6.07, 6.45) is 0.758. The van der Waals surface area contributed by atoms with Crippen molar-refractivity contribution in [1.82, 2.24) is 4.98 Å². The molecule has 0 aliphatic rings. The molecule has 1 heterocycles. The van der Waals surface area contributed by atoms with Crippen molar-refractivity contribution in [2.75, 3.05) is 11.9 Å². The number of thiazole rings is 1. The summed E-state index contributed by atoms with van der Waals surface area (Å²) >= 11 is 7.52. The molecule has 0 unspecified atom stereocenters. The van der Waals surface area contributed by atoms with Gasteiger partial charge in [0.25, 0.3) is 0 Å². The molecule has 0 atom stereocenters. The van der Waals surface area contributed by atoms with Gasteiger partial charge >= 0.3 is 5.97 Å². The number of rotatable bonds is 5. The van der Waals surface area contributed by atoms with Crippen LogP contribution in [-0.4, -0.2) is 22.6 Å². The Hall–Kier alpha value is -1.33. The van der Waals surface area contributed by atoms with Gasteiger partial charge in [0.05, 0.1) is 10.2 Å². The number of halogens is 1. The van der Waals surface area contributed by atoms with E-state index in [9.17, 15) is 4.79 Å². The summed E-state index contributed by atoms with van der Waals surface area (Å²) in [7, 11) is 0. The van der Waals surface area contributed by atoms with Gasteiger partial charge in [-0.1, -0.05) is 22.9 Å². The second-order valence-electron chi connectivity index (χ2n) is 4.01. The molecule has 2 N–H and O–H groups in total. The average Bonchev–Trinajstić information content (AvgIpc) is 2.67. The van der Waals surface area contributed by atoms with Crippen molar-refractivity contribution in [3.05, 3.63) is 22.7 Å². The first-order valence-electron chi connectivity index (χ1n) is 5.58. The van der Waals surface area contributed by atoms with E-state index < -0.39 is 5.97 Å². The van der Waals surface area contributed by atoms with Crippen molar-refractivity contribution in [3.8, 4) is 0 Å². The average molecular weight is 285 g/mol. The molecular weight excluding hydrogens is 272 g/mol. The minimum Gasteiger partial charge on any atom is -0.481 e. The number of hydrogen-bond donors (Lipinski definition) is 2. The van der Waals surface area contributed by atoms with E-state index in [0.29, 0.717) is 18.0 Å². The van der Waals surface area contributed by atoms with Crippen LogP contribution in [0.3, 0.4) is 0 Å². The lowest BCUT2D eigenvalue weighted by molar-refractivity contribution is -0.137. The fourth-order valence-electron chi connectivity index (χ4n) is 1.66. The van der Waals surface area contributed by atoms with Crippen molar-refractivity contribution < 1.29 is 9.90 Å². The SMILES string of the molecule is Cc1cc(Cl)cc2sc(NCCCC(=O)O)nc12. The molecule has 1 aromatic heterocycles. The maximum absolute atomic E-state index is 10.4. The Labute approximate surface area is 114 Å². The Kier molecular flexibility index (Phi) is 4.04. The molecular formula is C12H13ClN2O2S. The number of carboxylic acid groups (broad SMARTS) is 1. The molecule has 2 rings (SSSR count). The molecule has 0 amide bonds. The summed E-state index contributed by atoms with van der Waals surface area (Å²) < 4.78 is 1.04. The van der Waals surface area contributed by atoms with E-state index in [1.54, 1.807) is 0 Å². The van der Waals surface area contributed by atoms with Gasteiger partial charge in [0.2, 0.25) is 0 Å². The van der Waals surface area contributed by atoms with Gasteiger partial charge in [0.1, 0.15) is 0 Å². The lowest BCUT2D eigenvalue weighted by Gasteiger charge is -1.99. The van der Waals surface area contributed by atoms with Crippen LogP contribution in [-0.2, 0) is 4.79 Å². The van der Waals surface area contributed by atoms with Crippen LogP contribution >= 0.6 is 22.9 Å². The number of benzene rings is 1. The van der Waals surface area contributed by atoms with E-state index in [1.807, 2.05) is 19.1 Å². The molecule has 18 heavy (non-hydrogen) atoms. The molecule has 2 aromatic rings. The van der Waals surface area contributed by atoms with Gasteiger partial charge < -0.3 is 10.4 Å². The lowest BCUT2D eigenvalue weighted by Crippen LogP contribution is -2.04. The molecule has 96 valence electrons. The van der Waals surface area contributed by atoms with Crippen LogP contribution in [0.2, 0.25) is 5.02 Å². The second kappa shape index (κ2) is 5.54. The quantitative estimate of drug-likeness (QED) is 0.825. The van der Waals surface area contributed by atoms with E-state index in [0.717, 1.165) is 20.9 Å². The highest BCUT2D eigenvalue weighted by Gasteiger charge is 2.07. The monoisotopic (exact) mass is 284 g/mol. The smallest absolute Gasteiger partial charge is 0.303 e. The third kappa shape index (κ3) is 3.11. The van der Waals surface area contributed by atoms with Crippen LogP contribution in [0, 0.1) is 6.92 Å². The first kappa shape index (κ1) is 13.1. The highest BCUT2D eigenvalue weighted by molar-refractivity contribution is 7.22. The number of anilines is 1. The number of aryl methyl sites for hydroxylation is 1. The maximum atomic E-state index is 10.4. The Morgan fingerprint density at radius 2 is 2.33 bits per heavy atom. The van der Waals surface area contributed by atoms with E-state index >= 15 is 0 Å². The number of hydrogen-bond acceptors (Lipinski definition) is 4. The van der Waals surface area contributed by atoms with Gasteiger partial charge in [-0.2, -0.15) is 0 Å². The largest absolute Gasteiger partial charge is 0.481 e. The summed E-state index contributed by atoms with van der Waals surface area (Å²) in [6, 6.07) is 3.78. The van der Waals surface area contributed by atoms with Crippen LogP contribution < -0.4 is 5.32 Å². The highest BCUT2D eigenvalue weighted by Crippen LogP contribution is 2.30. The molecule has 0 saturated carbocycles. The van der Waals surface area contributed by atoms with Gasteiger partial charge in [-0.05, 0) is 31.0 Å². The third-order valence-electron chi connectivity index (χ3n) is 2.49. The molecule has 0 bridgehead atoms. The Bertz CT molecular complexity index is 583. The van der Waals surface area contributed by atoms with E-state index in [-0.39, 0.29) is 6.42 Å². The summed E-state index contributed by atoms with van der Waals surface area (Å²) in [5.41, 5.74) is 2.00. The first-order valence-corrected chi connectivity index (χ1v) is 6.78. The van der Waals surface area contributed by atoms with Crippen molar-refractivity contribution in [2.24, 2.45) is 0 Å². The fourth-order valence-corrected chi connectivity index (χ4v) is 3.01. The van der Waals surface area contributed by atoms with Crippen molar-refractivity contribution in [2.45, 2.75) is 19.8 Å². The van der Waals surface area contributed by atoms with Gasteiger partial charge in [-0.25, -0.2) is 4.98 Å². The molecule has 0 spiro atoms. The topological polar surface area (TPSA) is 62.2 Å². The van der Waals surface area contributed by atoms with Crippen LogP contribution in [0.4, 0.5) is 5.13 Å². The number of carbonyl (C=O) groups is 1. The fraction of sp³-hybridized carbons (Fsp3) is 0.333. The number of nitrogens with zero attached hydrogens (tertiary/aromatic N) is 1. The van der Waals surface area contributed by atoms with E-state index in [4.69, 9.17) is 16.7 Å². The zero-order chi connectivity index (χ0) is 13.1. The molecule has 0 aliphatic heterocycles. The predicted octanol–water partition coefficient (Wildman–Crippen LogP) is 3.53. The number of nitrogens with one attached hydrogen (secondary N) is 1. The summed E-state index contributed by atoms with van der Waals surface area (Å²) in [5, 5.41) is 13.2. The van der Waals surface area contributed by atoms with Gasteiger partial charge in [-0.15, -0.1) is 0 Å². The Morgan fingerprint density at radius 3 is 3.06 bits per heavy atom. The standard InChI is InChI=1S/C12H13ClN2O2S/c1-7-5-8(13)6-9-11(7)15-12(18-9)14-4-2-3-10(16)17/h5-6H,2-4H2,1H3,(H,14,15)(H,16,17). The van der Waals surface area contributed by atoms with Crippen LogP contribution in [0.15, 0.2) is 12.1 Å². The number of aliphatic carboxylic acids is 1. The molecule has 4 nitrogen and oxygen atoms in total. The normalized spacial score (nSPS) is 10.8. The maximum Gasteiger partial charge on any atom is 0.303 e. The second-order valence-corrected chi connectivity index (χ2v) is 5.48. The minimum atomic E-state index is -0.774. The molecule has 1 aromatic carbocycles. The molecule has 0 radical (unpaired) electrons. The number of carboxylic acids is 1. The Morgan fingerprint density at radius 1 is 1.56 bits per heavy atom. The minimum absolute atomic E-state index is 0.169. The lowest BCUT2D eigenvalue weighted by atomic mass is 10.2. The van der Waals surface area contributed by atoms with Crippen LogP contribution in [0.25, 0.3) is 10.2 Å². The zero-order valence-corrected chi connectivity index (χ0v) is 11.4. The predicted molar refractivity (Wildman–Crippen MR) is 74.7 cm³/mol. The van der Waals surface area contributed by atoms with E-state index in [2.05, 4.69) is 10.3 Å². The van der Waals surface area contributed by atoms with Crippen LogP contribution in [0.5, 0.6) is 0 Å². The van der Waals surface area contributed by atoms with Crippen molar-refractivity contribution in [3.63, 3.8) is 0 Å². The van der Waals surface area contributed by atoms with Crippen molar-refractivity contribution >= 4 is 44.3 Å². The zero-order valence-electron chi connectivity index (χ0n) is 9.86. The third-order valence-corrected chi connectivity index (χ3v) is 3.67. The summed E-state index contributed by atoms with van der Waals surface area (Å²) in [5.74, 6) is -0.774. The molecule has 0 aliphatic carbocycles. The number of aromatic nitrogens is 1. The molecule has 6 heteroatoms. The number of fused-ring (bicyclic) bond motifs is 1. The summed E-state index contributed by atoms with van der Waals surface area (Å²) in [6.45, 7) is 2.58. The van der Waals surface area contributed by atoms with Crippen LogP contribution in [0.1, 0.15) is 18.4 Å². The van der Waals surface area contributed by atoms with E-state index in [1.165, 1.54) is 11.3 Å². The first-order chi connectivity index (χ1) is 8.56. The Balaban J connectivity index is 2.06. The summed E-state index contributed by atoms with van der Waals surface area (Å²) in [4.78, 5) is 14.8.